The first kappa shape index (κ1) is 20.5. The molecule has 2 aromatic carbocycles. The van der Waals surface area contributed by atoms with E-state index in [2.05, 4.69) is 21.8 Å². The van der Waals surface area contributed by atoms with Crippen LogP contribution in [-0.4, -0.2) is 29.4 Å². The van der Waals surface area contributed by atoms with E-state index in [-0.39, 0.29) is 11.7 Å². The molecular weight excluding hydrogens is 394 g/mol. The second-order valence-electron chi connectivity index (χ2n) is 7.74. The topological polar surface area (TPSA) is 98.0 Å². The molecule has 0 bridgehead atoms. The molecule has 0 spiro atoms. The van der Waals surface area contributed by atoms with Crippen molar-refractivity contribution in [1.82, 2.24) is 24.3 Å². The fraction of sp³-hybridized carbons (Fsp3) is 0.261. The number of aromatic hydroxyl groups is 1. The molecule has 0 aliphatic rings. The van der Waals surface area contributed by atoms with Gasteiger partial charge in [0.1, 0.15) is 17.0 Å². The molecule has 2 heterocycles. The van der Waals surface area contributed by atoms with Crippen LogP contribution in [0.1, 0.15) is 26.3 Å². The summed E-state index contributed by atoms with van der Waals surface area (Å²) >= 11 is 0. The van der Waals surface area contributed by atoms with Crippen LogP contribution in [0.25, 0.3) is 28.1 Å². The number of phenolic OH excluding ortho intramolecular Hbond substituents is 1. The number of nitrogens with one attached hydrogen (secondary N) is 1. The minimum atomic E-state index is -0.417. The number of fused-ring (bicyclic) bond motifs is 1. The molecule has 8 nitrogen and oxygen atoms in total. The zero-order valence-corrected chi connectivity index (χ0v) is 18.0. The number of benzene rings is 2. The summed E-state index contributed by atoms with van der Waals surface area (Å²) in [5.41, 5.74) is 3.00. The van der Waals surface area contributed by atoms with Crippen molar-refractivity contribution in [3.8, 4) is 28.6 Å². The number of allylic oxidation sites excluding steroid dienone is 1. The molecule has 0 aliphatic carbocycles. The standard InChI is InChI=1S/C23H25N5O3/c1-6-15-10-16(19(29)11-20(15)31-14(4)13(2)3)22-25-26-23(30)28(22)18-9-7-8-17-21(18)24-12-27(17)5/h7-13,29H,4,6H2,1-3,5H3,(H,26,30). The summed E-state index contributed by atoms with van der Waals surface area (Å²) in [7, 11) is 1.89. The van der Waals surface area contributed by atoms with E-state index < -0.39 is 5.69 Å². The lowest BCUT2D eigenvalue weighted by atomic mass is 10.0. The molecule has 0 radical (unpaired) electrons. The lowest BCUT2D eigenvalue weighted by Gasteiger charge is -2.17. The van der Waals surface area contributed by atoms with Gasteiger partial charge >= 0.3 is 5.69 Å². The Morgan fingerprint density at radius 3 is 2.81 bits per heavy atom. The quantitative estimate of drug-likeness (QED) is 0.462. The number of rotatable bonds is 6. The predicted molar refractivity (Wildman–Crippen MR) is 120 cm³/mol. The Labute approximate surface area is 179 Å². The van der Waals surface area contributed by atoms with Crippen molar-refractivity contribution >= 4 is 11.0 Å². The first-order valence-corrected chi connectivity index (χ1v) is 10.1. The Morgan fingerprint density at radius 1 is 1.32 bits per heavy atom. The zero-order valence-electron chi connectivity index (χ0n) is 18.0. The van der Waals surface area contributed by atoms with E-state index in [4.69, 9.17) is 4.74 Å². The van der Waals surface area contributed by atoms with Crippen LogP contribution in [0.4, 0.5) is 0 Å². The molecule has 31 heavy (non-hydrogen) atoms. The average molecular weight is 419 g/mol. The molecule has 4 aromatic rings. The van der Waals surface area contributed by atoms with Crippen LogP contribution in [-0.2, 0) is 13.5 Å². The van der Waals surface area contributed by atoms with Crippen LogP contribution in [0.5, 0.6) is 11.5 Å². The molecule has 0 unspecified atom stereocenters. The molecule has 0 saturated heterocycles. The molecule has 2 aromatic heterocycles. The molecule has 0 saturated carbocycles. The Kier molecular flexibility index (Phi) is 5.14. The largest absolute Gasteiger partial charge is 0.507 e. The van der Waals surface area contributed by atoms with E-state index in [0.717, 1.165) is 11.1 Å². The number of para-hydroxylation sites is 1. The van der Waals surface area contributed by atoms with Crippen LogP contribution in [0.2, 0.25) is 0 Å². The third-order valence-corrected chi connectivity index (χ3v) is 5.33. The lowest BCUT2D eigenvalue weighted by Crippen LogP contribution is -2.16. The number of ether oxygens (including phenoxy) is 1. The van der Waals surface area contributed by atoms with Gasteiger partial charge in [0.15, 0.2) is 5.82 Å². The molecule has 8 heteroatoms. The Bertz CT molecular complexity index is 1340. The summed E-state index contributed by atoms with van der Waals surface area (Å²) in [6.07, 6.45) is 2.36. The maximum Gasteiger partial charge on any atom is 0.348 e. The number of H-pyrrole nitrogens is 1. The van der Waals surface area contributed by atoms with Crippen molar-refractivity contribution in [2.45, 2.75) is 27.2 Å². The monoisotopic (exact) mass is 419 g/mol. The summed E-state index contributed by atoms with van der Waals surface area (Å²) in [5, 5.41) is 17.5. The van der Waals surface area contributed by atoms with Gasteiger partial charge in [0, 0.05) is 19.0 Å². The molecule has 2 N–H and O–H groups in total. The van der Waals surface area contributed by atoms with Gasteiger partial charge < -0.3 is 14.4 Å². The molecule has 0 aliphatic heterocycles. The van der Waals surface area contributed by atoms with Crippen molar-refractivity contribution in [2.24, 2.45) is 13.0 Å². The number of aryl methyl sites for hydroxylation is 2. The SMILES string of the molecule is C=C(Oc1cc(O)c(-c2n[nH]c(=O)n2-c2cccc3c2ncn3C)cc1CC)C(C)C. The van der Waals surface area contributed by atoms with Crippen molar-refractivity contribution in [1.29, 1.82) is 0 Å². The number of nitrogens with zero attached hydrogens (tertiary/aromatic N) is 4. The van der Waals surface area contributed by atoms with Crippen LogP contribution in [0.3, 0.4) is 0 Å². The first-order valence-electron chi connectivity index (χ1n) is 10.1. The van der Waals surface area contributed by atoms with Crippen molar-refractivity contribution in [3.63, 3.8) is 0 Å². The van der Waals surface area contributed by atoms with Gasteiger partial charge in [0.2, 0.25) is 0 Å². The number of hydrogen-bond acceptors (Lipinski definition) is 5. The summed E-state index contributed by atoms with van der Waals surface area (Å²) < 4.78 is 9.19. The second kappa shape index (κ2) is 7.79. The van der Waals surface area contributed by atoms with Gasteiger partial charge in [-0.05, 0) is 30.2 Å². The van der Waals surface area contributed by atoms with Gasteiger partial charge in [-0.3, -0.25) is 0 Å². The Balaban J connectivity index is 1.89. The lowest BCUT2D eigenvalue weighted by molar-refractivity contribution is 0.365. The van der Waals surface area contributed by atoms with Crippen molar-refractivity contribution in [2.75, 3.05) is 0 Å². The van der Waals surface area contributed by atoms with E-state index in [1.807, 2.05) is 44.5 Å². The molecular formula is C23H25N5O3. The van der Waals surface area contributed by atoms with Crippen LogP contribution in [0.15, 0.2) is 53.8 Å². The van der Waals surface area contributed by atoms with E-state index in [1.54, 1.807) is 24.5 Å². The minimum Gasteiger partial charge on any atom is -0.507 e. The maximum absolute atomic E-state index is 12.7. The van der Waals surface area contributed by atoms with Gasteiger partial charge in [-0.2, -0.15) is 5.10 Å². The maximum atomic E-state index is 12.7. The normalized spacial score (nSPS) is 11.4. The van der Waals surface area contributed by atoms with Crippen molar-refractivity contribution in [3.05, 3.63) is 65.0 Å². The summed E-state index contributed by atoms with van der Waals surface area (Å²) in [6.45, 7) is 9.92. The molecule has 0 fully saturated rings. The molecule has 160 valence electrons. The summed E-state index contributed by atoms with van der Waals surface area (Å²) in [4.78, 5) is 17.1. The number of phenols is 1. The predicted octanol–water partition coefficient (Wildman–Crippen LogP) is 3.93. The Hall–Kier alpha value is -3.81. The molecule has 0 amide bonds. The van der Waals surface area contributed by atoms with Crippen LogP contribution < -0.4 is 10.4 Å². The molecule has 4 rings (SSSR count). The van der Waals surface area contributed by atoms with E-state index in [9.17, 15) is 9.90 Å². The first-order chi connectivity index (χ1) is 14.8. The number of aromatic nitrogens is 5. The third-order valence-electron chi connectivity index (χ3n) is 5.33. The van der Waals surface area contributed by atoms with Crippen LogP contribution >= 0.6 is 0 Å². The number of hydrogen-bond donors (Lipinski definition) is 2. The van der Waals surface area contributed by atoms with E-state index in [0.29, 0.717) is 40.5 Å². The van der Waals surface area contributed by atoms with Gasteiger partial charge in [0.05, 0.1) is 28.9 Å². The highest BCUT2D eigenvalue weighted by molar-refractivity contribution is 5.85. The third kappa shape index (κ3) is 3.50. The fourth-order valence-corrected chi connectivity index (χ4v) is 3.45. The number of aromatic amines is 1. The second-order valence-corrected chi connectivity index (χ2v) is 7.74. The van der Waals surface area contributed by atoms with Gasteiger partial charge in [-0.15, -0.1) is 0 Å². The summed E-state index contributed by atoms with van der Waals surface area (Å²) in [6, 6.07) is 8.93. The minimum absolute atomic E-state index is 0.0443. The summed E-state index contributed by atoms with van der Waals surface area (Å²) in [5.74, 6) is 1.54. The van der Waals surface area contributed by atoms with Gasteiger partial charge in [-0.25, -0.2) is 19.4 Å². The number of imidazole rings is 1. The van der Waals surface area contributed by atoms with E-state index in [1.165, 1.54) is 4.57 Å². The molecule has 0 atom stereocenters. The van der Waals surface area contributed by atoms with Gasteiger partial charge in [0.25, 0.3) is 0 Å². The smallest absolute Gasteiger partial charge is 0.348 e. The zero-order chi connectivity index (χ0) is 22.3. The highest BCUT2D eigenvalue weighted by Gasteiger charge is 2.21. The van der Waals surface area contributed by atoms with Gasteiger partial charge in [-0.1, -0.05) is 33.4 Å². The highest BCUT2D eigenvalue weighted by Crippen LogP contribution is 2.36. The highest BCUT2D eigenvalue weighted by atomic mass is 16.5. The van der Waals surface area contributed by atoms with E-state index >= 15 is 0 Å². The van der Waals surface area contributed by atoms with Crippen molar-refractivity contribution < 1.29 is 9.84 Å². The fourth-order valence-electron chi connectivity index (χ4n) is 3.45. The van der Waals surface area contributed by atoms with Crippen LogP contribution in [0, 0.1) is 5.92 Å². The average Bonchev–Trinajstić information content (AvgIpc) is 3.31. The Morgan fingerprint density at radius 2 is 2.10 bits per heavy atom.